The molecule has 1 atom stereocenters. The van der Waals surface area contributed by atoms with Gasteiger partial charge in [-0.2, -0.15) is 4.31 Å². The van der Waals surface area contributed by atoms with Crippen LogP contribution >= 0.6 is 22.9 Å². The van der Waals surface area contributed by atoms with Crippen molar-refractivity contribution < 1.29 is 13.3 Å². The first-order valence-corrected chi connectivity index (χ1v) is 8.14. The molecule has 0 amide bonds. The summed E-state index contributed by atoms with van der Waals surface area (Å²) < 4.78 is 26.0. The van der Waals surface area contributed by atoms with Crippen molar-refractivity contribution in [2.45, 2.75) is 17.2 Å². The predicted octanol–water partition coefficient (Wildman–Crippen LogP) is 1.29. The average Bonchev–Trinajstić information content (AvgIpc) is 2.72. The largest absolute Gasteiger partial charge is 0.314 e. The van der Waals surface area contributed by atoms with Gasteiger partial charge in [0.2, 0.25) is 0 Å². The minimum absolute atomic E-state index is 0.0852. The quantitative estimate of drug-likeness (QED) is 0.667. The van der Waals surface area contributed by atoms with E-state index in [1.165, 1.54) is 4.31 Å². The van der Waals surface area contributed by atoms with E-state index in [9.17, 15) is 18.5 Å². The Kier molecular flexibility index (Phi) is 4.11. The lowest BCUT2D eigenvalue weighted by atomic mass is 10.3. The van der Waals surface area contributed by atoms with Crippen LogP contribution in [0.25, 0.3) is 0 Å². The molecule has 0 spiro atoms. The Hall–Kier alpha value is -0.740. The van der Waals surface area contributed by atoms with Crippen LogP contribution < -0.4 is 5.32 Å². The van der Waals surface area contributed by atoms with Gasteiger partial charge in [0, 0.05) is 31.7 Å². The number of piperazine rings is 1. The summed E-state index contributed by atoms with van der Waals surface area (Å²) in [5, 5.41) is 13.8. The molecular weight excluding hydrogens is 314 g/mol. The van der Waals surface area contributed by atoms with Crippen LogP contribution in [-0.4, -0.2) is 43.3 Å². The third-order valence-electron chi connectivity index (χ3n) is 2.85. The van der Waals surface area contributed by atoms with Gasteiger partial charge in [0.15, 0.2) is 4.34 Å². The van der Waals surface area contributed by atoms with Crippen molar-refractivity contribution in [1.29, 1.82) is 0 Å². The van der Waals surface area contributed by atoms with E-state index in [0.29, 0.717) is 19.6 Å². The second-order valence-corrected chi connectivity index (χ2v) is 7.92. The number of thiophene rings is 1. The normalized spacial score (nSPS) is 21.5. The second-order valence-electron chi connectivity index (χ2n) is 4.15. The van der Waals surface area contributed by atoms with Crippen molar-refractivity contribution in [1.82, 2.24) is 9.62 Å². The van der Waals surface area contributed by atoms with Crippen LogP contribution in [0.5, 0.6) is 0 Å². The molecule has 106 valence electrons. The summed E-state index contributed by atoms with van der Waals surface area (Å²) in [6, 6.07) is 0.829. The lowest BCUT2D eigenvalue weighted by molar-refractivity contribution is -0.384. The summed E-state index contributed by atoms with van der Waals surface area (Å²) in [6.07, 6.45) is 0. The maximum atomic E-state index is 12.4. The van der Waals surface area contributed by atoms with Gasteiger partial charge in [-0.1, -0.05) is 11.6 Å². The highest BCUT2D eigenvalue weighted by atomic mass is 35.5. The first-order chi connectivity index (χ1) is 8.84. The van der Waals surface area contributed by atoms with Crippen LogP contribution in [0.1, 0.15) is 6.92 Å². The fourth-order valence-corrected chi connectivity index (χ4v) is 5.31. The van der Waals surface area contributed by atoms with Gasteiger partial charge in [0.25, 0.3) is 15.7 Å². The molecule has 1 aliphatic rings. The molecule has 0 radical (unpaired) electrons. The first kappa shape index (κ1) is 14.7. The monoisotopic (exact) mass is 325 g/mol. The average molecular weight is 326 g/mol. The van der Waals surface area contributed by atoms with Crippen LogP contribution in [0.4, 0.5) is 5.69 Å². The SMILES string of the molecule is C[C@@H]1CNCCN1S(=O)(=O)c1cc([N+](=O)[O-])c(Cl)s1. The van der Waals surface area contributed by atoms with Crippen LogP contribution in [0.2, 0.25) is 4.34 Å². The first-order valence-electron chi connectivity index (χ1n) is 5.50. The molecule has 1 aliphatic heterocycles. The maximum absolute atomic E-state index is 12.4. The van der Waals surface area contributed by atoms with Crippen molar-refractivity contribution in [3.63, 3.8) is 0 Å². The highest BCUT2D eigenvalue weighted by Crippen LogP contribution is 2.37. The molecule has 0 aromatic carbocycles. The molecule has 2 heterocycles. The molecule has 1 aromatic heterocycles. The number of nitro groups is 1. The Morgan fingerprint density at radius 1 is 1.63 bits per heavy atom. The molecule has 2 rings (SSSR count). The van der Waals surface area contributed by atoms with Crippen molar-refractivity contribution in [2.24, 2.45) is 0 Å². The van der Waals surface area contributed by atoms with Crippen LogP contribution in [0.15, 0.2) is 10.3 Å². The Morgan fingerprint density at radius 3 is 2.84 bits per heavy atom. The van der Waals surface area contributed by atoms with Gasteiger partial charge >= 0.3 is 0 Å². The van der Waals surface area contributed by atoms with Gasteiger partial charge in [-0.15, -0.1) is 11.3 Å². The summed E-state index contributed by atoms with van der Waals surface area (Å²) in [6.45, 7) is 3.24. The van der Waals surface area contributed by atoms with Gasteiger partial charge in [-0.3, -0.25) is 10.1 Å². The van der Waals surface area contributed by atoms with E-state index in [-0.39, 0.29) is 20.3 Å². The summed E-state index contributed by atoms with van der Waals surface area (Å²) in [7, 11) is -3.72. The Bertz CT molecular complexity index is 601. The number of sulfonamides is 1. The molecule has 0 saturated carbocycles. The summed E-state index contributed by atoms with van der Waals surface area (Å²) in [5.41, 5.74) is -0.368. The van der Waals surface area contributed by atoms with E-state index in [2.05, 4.69) is 5.32 Å². The minimum Gasteiger partial charge on any atom is -0.314 e. The molecule has 7 nitrogen and oxygen atoms in total. The number of rotatable bonds is 3. The van der Waals surface area contributed by atoms with Crippen molar-refractivity contribution >= 4 is 38.6 Å². The Balaban J connectivity index is 2.39. The molecule has 0 unspecified atom stereocenters. The van der Waals surface area contributed by atoms with Crippen molar-refractivity contribution in [3.05, 3.63) is 20.5 Å². The standard InChI is InChI=1S/C9H12ClN3O4S2/c1-6-5-11-2-3-12(6)19(16,17)8-4-7(13(14)15)9(10)18-8/h4,6,11H,2-3,5H2,1H3/t6-/m1/s1. The van der Waals surface area contributed by atoms with Gasteiger partial charge in [-0.25, -0.2) is 8.42 Å². The van der Waals surface area contributed by atoms with E-state index in [1.54, 1.807) is 6.92 Å². The van der Waals surface area contributed by atoms with Gasteiger partial charge in [-0.05, 0) is 6.92 Å². The number of hydrogen-bond acceptors (Lipinski definition) is 6. The highest BCUT2D eigenvalue weighted by molar-refractivity contribution is 7.91. The molecule has 1 aromatic rings. The van der Waals surface area contributed by atoms with Crippen molar-refractivity contribution in [3.8, 4) is 0 Å². The second kappa shape index (κ2) is 5.33. The zero-order valence-electron chi connectivity index (χ0n) is 10.00. The topological polar surface area (TPSA) is 92.6 Å². The van der Waals surface area contributed by atoms with Crippen LogP contribution in [0, 0.1) is 10.1 Å². The summed E-state index contributed by atoms with van der Waals surface area (Å²) in [5.74, 6) is 0. The van der Waals surface area contributed by atoms with Crippen LogP contribution in [-0.2, 0) is 10.0 Å². The van der Waals surface area contributed by atoms with Crippen molar-refractivity contribution in [2.75, 3.05) is 19.6 Å². The lowest BCUT2D eigenvalue weighted by Crippen LogP contribution is -2.51. The summed E-state index contributed by atoms with van der Waals surface area (Å²) >= 11 is 6.42. The van der Waals surface area contributed by atoms with E-state index < -0.39 is 14.9 Å². The van der Waals surface area contributed by atoms with Gasteiger partial charge < -0.3 is 5.32 Å². The Labute approximate surface area is 119 Å². The Morgan fingerprint density at radius 2 is 2.32 bits per heavy atom. The fraction of sp³-hybridized carbons (Fsp3) is 0.556. The van der Waals surface area contributed by atoms with Crippen LogP contribution in [0.3, 0.4) is 0 Å². The third-order valence-corrected chi connectivity index (χ3v) is 6.65. The molecule has 1 N–H and O–H groups in total. The molecule has 0 bridgehead atoms. The number of hydrogen-bond donors (Lipinski definition) is 1. The van der Waals surface area contributed by atoms with E-state index in [4.69, 9.17) is 11.6 Å². The van der Waals surface area contributed by atoms with E-state index in [1.807, 2.05) is 0 Å². The number of halogens is 1. The minimum atomic E-state index is -3.72. The molecular formula is C9H12ClN3O4S2. The fourth-order valence-electron chi connectivity index (χ4n) is 1.89. The van der Waals surface area contributed by atoms with E-state index in [0.717, 1.165) is 17.4 Å². The lowest BCUT2D eigenvalue weighted by Gasteiger charge is -2.32. The number of nitrogens with zero attached hydrogens (tertiary/aromatic N) is 2. The molecule has 10 heteroatoms. The molecule has 19 heavy (non-hydrogen) atoms. The summed E-state index contributed by atoms with van der Waals surface area (Å²) in [4.78, 5) is 10.0. The van der Waals surface area contributed by atoms with E-state index >= 15 is 0 Å². The predicted molar refractivity (Wildman–Crippen MR) is 72.2 cm³/mol. The zero-order chi connectivity index (χ0) is 14.2. The molecule has 0 aliphatic carbocycles. The molecule has 1 saturated heterocycles. The third kappa shape index (κ3) is 2.75. The smallest absolute Gasteiger partial charge is 0.300 e. The highest BCUT2D eigenvalue weighted by Gasteiger charge is 2.34. The van der Waals surface area contributed by atoms with Gasteiger partial charge in [0.05, 0.1) is 4.92 Å². The maximum Gasteiger partial charge on any atom is 0.300 e. The van der Waals surface area contributed by atoms with Gasteiger partial charge in [0.1, 0.15) is 4.21 Å². The molecule has 1 fully saturated rings. The number of nitrogens with one attached hydrogen (secondary N) is 1. The zero-order valence-corrected chi connectivity index (χ0v) is 12.4.